The van der Waals surface area contributed by atoms with Gasteiger partial charge in [0.05, 0.1) is 0 Å². The molecule has 0 aromatic heterocycles. The minimum Gasteiger partial charge on any atom is -0.300 e. The number of ketones is 1. The molecular formula is C13H24O. The number of hydrogen-bond donors (Lipinski definition) is 0. The molecule has 0 rings (SSSR count). The SMILES string of the molecule is C/C=C\C(=C/C)CCCC(C)=O.CC. The number of Topliss-reactive ketones (excluding diaryl/α,β-unsaturated/α-hetero) is 1. The van der Waals surface area contributed by atoms with Crippen LogP contribution in [-0.4, -0.2) is 5.78 Å². The summed E-state index contributed by atoms with van der Waals surface area (Å²) in [5.41, 5.74) is 1.32. The predicted molar refractivity (Wildman–Crippen MR) is 64.5 cm³/mol. The van der Waals surface area contributed by atoms with Crippen LogP contribution in [0.1, 0.15) is 53.9 Å². The van der Waals surface area contributed by atoms with Gasteiger partial charge in [0.1, 0.15) is 5.78 Å². The molecule has 0 fully saturated rings. The lowest BCUT2D eigenvalue weighted by Crippen LogP contribution is -1.89. The van der Waals surface area contributed by atoms with Crippen molar-refractivity contribution in [2.75, 3.05) is 0 Å². The number of rotatable bonds is 5. The van der Waals surface area contributed by atoms with E-state index in [9.17, 15) is 4.79 Å². The highest BCUT2D eigenvalue weighted by atomic mass is 16.1. The van der Waals surface area contributed by atoms with Gasteiger partial charge in [-0.25, -0.2) is 0 Å². The van der Waals surface area contributed by atoms with Crippen molar-refractivity contribution in [1.82, 2.24) is 0 Å². The summed E-state index contributed by atoms with van der Waals surface area (Å²) in [4.78, 5) is 10.6. The number of carbonyl (C=O) groups excluding carboxylic acids is 1. The van der Waals surface area contributed by atoms with Gasteiger partial charge in [-0.15, -0.1) is 0 Å². The van der Waals surface area contributed by atoms with Crippen LogP contribution in [0.25, 0.3) is 0 Å². The first-order valence-corrected chi connectivity index (χ1v) is 5.48. The third kappa shape index (κ3) is 11.2. The molecule has 0 aromatic rings. The van der Waals surface area contributed by atoms with Crippen molar-refractivity contribution >= 4 is 5.78 Å². The van der Waals surface area contributed by atoms with E-state index in [0.29, 0.717) is 6.42 Å². The van der Waals surface area contributed by atoms with E-state index in [-0.39, 0.29) is 5.78 Å². The second kappa shape index (κ2) is 12.2. The molecule has 14 heavy (non-hydrogen) atoms. The Bertz CT molecular complexity index is 187. The minimum atomic E-state index is 0.283. The van der Waals surface area contributed by atoms with Crippen LogP contribution in [0, 0.1) is 0 Å². The van der Waals surface area contributed by atoms with Gasteiger partial charge in [-0.1, -0.05) is 37.6 Å². The molecule has 0 unspecified atom stereocenters. The van der Waals surface area contributed by atoms with E-state index in [1.165, 1.54) is 5.57 Å². The Hall–Kier alpha value is -0.850. The second-order valence-electron chi connectivity index (χ2n) is 2.92. The van der Waals surface area contributed by atoms with Gasteiger partial charge in [0, 0.05) is 6.42 Å². The summed E-state index contributed by atoms with van der Waals surface area (Å²) < 4.78 is 0. The molecule has 0 aliphatic heterocycles. The van der Waals surface area contributed by atoms with Crippen LogP contribution >= 0.6 is 0 Å². The summed E-state index contributed by atoms with van der Waals surface area (Å²) in [6.45, 7) is 9.68. The molecule has 0 saturated carbocycles. The maximum atomic E-state index is 10.6. The Balaban J connectivity index is 0. The van der Waals surface area contributed by atoms with Gasteiger partial charge in [-0.2, -0.15) is 0 Å². The van der Waals surface area contributed by atoms with E-state index in [1.54, 1.807) is 6.92 Å². The minimum absolute atomic E-state index is 0.283. The third-order valence-electron chi connectivity index (χ3n) is 1.75. The first-order chi connectivity index (χ1) is 6.70. The highest BCUT2D eigenvalue weighted by molar-refractivity contribution is 5.75. The highest BCUT2D eigenvalue weighted by Crippen LogP contribution is 2.08. The van der Waals surface area contributed by atoms with E-state index < -0.39 is 0 Å². The summed E-state index contributed by atoms with van der Waals surface area (Å²) in [7, 11) is 0. The fourth-order valence-corrected chi connectivity index (χ4v) is 1.08. The first-order valence-electron chi connectivity index (χ1n) is 5.48. The molecule has 0 spiro atoms. The molecule has 0 atom stereocenters. The summed E-state index contributed by atoms with van der Waals surface area (Å²) in [6.07, 6.45) is 8.91. The van der Waals surface area contributed by atoms with E-state index in [1.807, 2.05) is 33.8 Å². The number of hydrogen-bond acceptors (Lipinski definition) is 1. The fourth-order valence-electron chi connectivity index (χ4n) is 1.08. The molecule has 0 aromatic carbocycles. The van der Waals surface area contributed by atoms with Crippen LogP contribution in [-0.2, 0) is 4.79 Å². The first kappa shape index (κ1) is 15.6. The van der Waals surface area contributed by atoms with Crippen LogP contribution in [0.5, 0.6) is 0 Å². The Kier molecular flexibility index (Phi) is 13.6. The molecule has 0 amide bonds. The van der Waals surface area contributed by atoms with Gasteiger partial charge < -0.3 is 4.79 Å². The average Bonchev–Trinajstić information content (AvgIpc) is 2.19. The largest absolute Gasteiger partial charge is 0.300 e. The quantitative estimate of drug-likeness (QED) is 0.599. The van der Waals surface area contributed by atoms with Crippen LogP contribution < -0.4 is 0 Å². The smallest absolute Gasteiger partial charge is 0.129 e. The average molecular weight is 196 g/mol. The molecular weight excluding hydrogens is 172 g/mol. The Morgan fingerprint density at radius 1 is 1.14 bits per heavy atom. The lowest BCUT2D eigenvalue weighted by atomic mass is 10.1. The van der Waals surface area contributed by atoms with Crippen molar-refractivity contribution in [3.8, 4) is 0 Å². The van der Waals surface area contributed by atoms with Crippen molar-refractivity contribution in [2.45, 2.75) is 53.9 Å². The predicted octanol–water partition coefficient (Wildman–Crippen LogP) is 4.29. The topological polar surface area (TPSA) is 17.1 Å². The summed E-state index contributed by atoms with van der Waals surface area (Å²) >= 11 is 0. The van der Waals surface area contributed by atoms with Crippen LogP contribution in [0.3, 0.4) is 0 Å². The lowest BCUT2D eigenvalue weighted by molar-refractivity contribution is -0.117. The van der Waals surface area contributed by atoms with Gasteiger partial charge >= 0.3 is 0 Å². The summed E-state index contributed by atoms with van der Waals surface area (Å²) in [5.74, 6) is 0.283. The van der Waals surface area contributed by atoms with Gasteiger partial charge in [0.2, 0.25) is 0 Å². The number of allylic oxidation sites excluding steroid dienone is 4. The molecule has 1 nitrogen and oxygen atoms in total. The third-order valence-corrected chi connectivity index (χ3v) is 1.75. The van der Waals surface area contributed by atoms with E-state index in [2.05, 4.69) is 12.2 Å². The standard InChI is InChI=1S/C11H18O.C2H6/c1-4-7-11(5-2)9-6-8-10(3)12;1-2/h4-5,7H,6,8-9H2,1-3H3;1-2H3/b7-4-,11-5+;. The van der Waals surface area contributed by atoms with E-state index in [0.717, 1.165) is 12.8 Å². The molecule has 82 valence electrons. The van der Waals surface area contributed by atoms with Crippen LogP contribution in [0.2, 0.25) is 0 Å². The monoisotopic (exact) mass is 196 g/mol. The van der Waals surface area contributed by atoms with Crippen molar-refractivity contribution in [2.24, 2.45) is 0 Å². The molecule has 1 heteroatoms. The van der Waals surface area contributed by atoms with Gasteiger partial charge in [-0.3, -0.25) is 0 Å². The van der Waals surface area contributed by atoms with Crippen LogP contribution in [0.4, 0.5) is 0 Å². The van der Waals surface area contributed by atoms with Gasteiger partial charge in [-0.05, 0) is 33.6 Å². The van der Waals surface area contributed by atoms with Gasteiger partial charge in [0.25, 0.3) is 0 Å². The molecule has 0 saturated heterocycles. The van der Waals surface area contributed by atoms with E-state index >= 15 is 0 Å². The molecule has 0 aliphatic rings. The zero-order chi connectivity index (χ0) is 11.4. The fraction of sp³-hybridized carbons (Fsp3) is 0.615. The Morgan fingerprint density at radius 3 is 2.07 bits per heavy atom. The zero-order valence-electron chi connectivity index (χ0n) is 10.3. The summed E-state index contributed by atoms with van der Waals surface area (Å²) in [5, 5.41) is 0. The molecule has 0 N–H and O–H groups in total. The molecule has 0 bridgehead atoms. The van der Waals surface area contributed by atoms with Crippen molar-refractivity contribution in [3.05, 3.63) is 23.8 Å². The van der Waals surface area contributed by atoms with Crippen molar-refractivity contribution in [3.63, 3.8) is 0 Å². The molecule has 0 aliphatic carbocycles. The Morgan fingerprint density at radius 2 is 1.71 bits per heavy atom. The maximum absolute atomic E-state index is 10.6. The zero-order valence-corrected chi connectivity index (χ0v) is 10.3. The second-order valence-corrected chi connectivity index (χ2v) is 2.92. The Labute approximate surface area is 88.9 Å². The maximum Gasteiger partial charge on any atom is 0.129 e. The lowest BCUT2D eigenvalue weighted by Gasteiger charge is -1.98. The summed E-state index contributed by atoms with van der Waals surface area (Å²) in [6, 6.07) is 0. The van der Waals surface area contributed by atoms with Crippen molar-refractivity contribution in [1.29, 1.82) is 0 Å². The number of carbonyl (C=O) groups is 1. The molecule has 0 heterocycles. The highest BCUT2D eigenvalue weighted by Gasteiger charge is 1.94. The normalized spacial score (nSPS) is 11.1. The van der Waals surface area contributed by atoms with Crippen LogP contribution in [0.15, 0.2) is 23.8 Å². The van der Waals surface area contributed by atoms with E-state index in [4.69, 9.17) is 0 Å². The van der Waals surface area contributed by atoms with Crippen molar-refractivity contribution < 1.29 is 4.79 Å². The molecule has 0 radical (unpaired) electrons. The van der Waals surface area contributed by atoms with Gasteiger partial charge in [0.15, 0.2) is 0 Å².